The summed E-state index contributed by atoms with van der Waals surface area (Å²) in [6.45, 7) is 4.72. The van der Waals surface area contributed by atoms with Crippen LogP contribution in [0.3, 0.4) is 0 Å². The van der Waals surface area contributed by atoms with Gasteiger partial charge in [0, 0.05) is 25.3 Å². The standard InChI is InChI=1S/C12H18N2O/c1-9-10(3-2-4-12(9)13)7-14-6-5-11(15)8-14/h2-4,11,15H,5-8,13H2,1H3. The predicted octanol–water partition coefficient (Wildman–Crippen LogP) is 1.14. The van der Waals surface area contributed by atoms with Gasteiger partial charge in [-0.05, 0) is 30.5 Å². The summed E-state index contributed by atoms with van der Waals surface area (Å²) in [6, 6.07) is 6.03. The minimum atomic E-state index is -0.147. The zero-order valence-electron chi connectivity index (χ0n) is 9.11. The summed E-state index contributed by atoms with van der Waals surface area (Å²) in [7, 11) is 0. The lowest BCUT2D eigenvalue weighted by Crippen LogP contribution is -2.22. The van der Waals surface area contributed by atoms with E-state index in [-0.39, 0.29) is 6.10 Å². The Morgan fingerprint density at radius 1 is 1.53 bits per heavy atom. The van der Waals surface area contributed by atoms with Crippen LogP contribution in [0.4, 0.5) is 5.69 Å². The van der Waals surface area contributed by atoms with Crippen molar-refractivity contribution in [3.8, 4) is 0 Å². The molecule has 0 saturated carbocycles. The second-order valence-corrected chi connectivity index (χ2v) is 4.31. The molecule has 1 saturated heterocycles. The summed E-state index contributed by atoms with van der Waals surface area (Å²) < 4.78 is 0. The highest BCUT2D eigenvalue weighted by Crippen LogP contribution is 2.19. The van der Waals surface area contributed by atoms with Crippen molar-refractivity contribution >= 4 is 5.69 Å². The summed E-state index contributed by atoms with van der Waals surface area (Å²) in [5.41, 5.74) is 9.14. The molecule has 3 nitrogen and oxygen atoms in total. The number of benzene rings is 1. The first-order valence-electron chi connectivity index (χ1n) is 5.41. The van der Waals surface area contributed by atoms with Gasteiger partial charge in [-0.3, -0.25) is 4.90 Å². The van der Waals surface area contributed by atoms with E-state index in [1.54, 1.807) is 0 Å². The molecule has 1 heterocycles. The van der Waals surface area contributed by atoms with Crippen LogP contribution in [0.25, 0.3) is 0 Å². The van der Waals surface area contributed by atoms with E-state index in [9.17, 15) is 5.11 Å². The normalized spacial score (nSPS) is 22.1. The van der Waals surface area contributed by atoms with Crippen LogP contribution in [0, 0.1) is 6.92 Å². The zero-order valence-corrected chi connectivity index (χ0v) is 9.11. The second kappa shape index (κ2) is 4.21. The van der Waals surface area contributed by atoms with Crippen LogP contribution < -0.4 is 5.73 Å². The molecule has 15 heavy (non-hydrogen) atoms. The maximum absolute atomic E-state index is 9.44. The van der Waals surface area contributed by atoms with E-state index in [0.717, 1.165) is 31.7 Å². The fraction of sp³-hybridized carbons (Fsp3) is 0.500. The molecule has 3 N–H and O–H groups in total. The van der Waals surface area contributed by atoms with Gasteiger partial charge in [-0.2, -0.15) is 0 Å². The SMILES string of the molecule is Cc1c(N)cccc1CN1CCC(O)C1. The lowest BCUT2D eigenvalue weighted by atomic mass is 10.1. The van der Waals surface area contributed by atoms with Crippen molar-refractivity contribution in [3.05, 3.63) is 29.3 Å². The quantitative estimate of drug-likeness (QED) is 0.713. The molecule has 1 atom stereocenters. The minimum absolute atomic E-state index is 0.147. The number of anilines is 1. The van der Waals surface area contributed by atoms with E-state index in [0.29, 0.717) is 0 Å². The van der Waals surface area contributed by atoms with Gasteiger partial charge in [0.25, 0.3) is 0 Å². The monoisotopic (exact) mass is 206 g/mol. The van der Waals surface area contributed by atoms with Crippen molar-refractivity contribution < 1.29 is 5.11 Å². The van der Waals surface area contributed by atoms with Gasteiger partial charge in [0.2, 0.25) is 0 Å². The van der Waals surface area contributed by atoms with E-state index >= 15 is 0 Å². The summed E-state index contributed by atoms with van der Waals surface area (Å²) >= 11 is 0. The Morgan fingerprint density at radius 2 is 2.33 bits per heavy atom. The fourth-order valence-corrected chi connectivity index (χ4v) is 2.07. The zero-order chi connectivity index (χ0) is 10.8. The first-order valence-corrected chi connectivity index (χ1v) is 5.41. The molecule has 1 aliphatic rings. The van der Waals surface area contributed by atoms with Gasteiger partial charge < -0.3 is 10.8 Å². The molecule has 2 rings (SSSR count). The molecule has 1 aromatic carbocycles. The molecule has 1 aliphatic heterocycles. The third-order valence-electron chi connectivity index (χ3n) is 3.13. The molecule has 1 fully saturated rings. The number of likely N-dealkylation sites (tertiary alicyclic amines) is 1. The largest absolute Gasteiger partial charge is 0.399 e. The van der Waals surface area contributed by atoms with Crippen LogP contribution in [-0.4, -0.2) is 29.2 Å². The van der Waals surface area contributed by atoms with Crippen molar-refractivity contribution in [2.45, 2.75) is 26.0 Å². The molecule has 0 spiro atoms. The fourth-order valence-electron chi connectivity index (χ4n) is 2.07. The van der Waals surface area contributed by atoms with E-state index in [4.69, 9.17) is 5.73 Å². The smallest absolute Gasteiger partial charge is 0.0679 e. The van der Waals surface area contributed by atoms with E-state index in [2.05, 4.69) is 17.9 Å². The predicted molar refractivity (Wildman–Crippen MR) is 61.5 cm³/mol. The Hall–Kier alpha value is -1.06. The molecule has 1 aromatic rings. The van der Waals surface area contributed by atoms with Gasteiger partial charge in [0.15, 0.2) is 0 Å². The number of rotatable bonds is 2. The highest BCUT2D eigenvalue weighted by molar-refractivity contribution is 5.49. The molecule has 0 aliphatic carbocycles. The summed E-state index contributed by atoms with van der Waals surface area (Å²) in [4.78, 5) is 2.27. The van der Waals surface area contributed by atoms with Crippen LogP contribution in [0.1, 0.15) is 17.5 Å². The molecule has 0 amide bonds. The highest BCUT2D eigenvalue weighted by atomic mass is 16.3. The molecular formula is C12H18N2O. The van der Waals surface area contributed by atoms with Crippen LogP contribution >= 0.6 is 0 Å². The Bertz CT molecular complexity index is 351. The highest BCUT2D eigenvalue weighted by Gasteiger charge is 2.20. The Labute approximate surface area is 90.5 Å². The molecule has 3 heteroatoms. The van der Waals surface area contributed by atoms with Gasteiger partial charge in [-0.15, -0.1) is 0 Å². The van der Waals surface area contributed by atoms with Crippen molar-refractivity contribution in [2.24, 2.45) is 0 Å². The van der Waals surface area contributed by atoms with Gasteiger partial charge >= 0.3 is 0 Å². The Morgan fingerprint density at radius 3 is 3.00 bits per heavy atom. The van der Waals surface area contributed by atoms with Crippen LogP contribution in [-0.2, 0) is 6.54 Å². The van der Waals surface area contributed by atoms with Gasteiger partial charge in [-0.1, -0.05) is 12.1 Å². The average molecular weight is 206 g/mol. The topological polar surface area (TPSA) is 49.5 Å². The van der Waals surface area contributed by atoms with Gasteiger partial charge in [0.1, 0.15) is 0 Å². The number of hydrogen-bond acceptors (Lipinski definition) is 3. The number of hydrogen-bond donors (Lipinski definition) is 2. The van der Waals surface area contributed by atoms with Crippen molar-refractivity contribution in [1.82, 2.24) is 4.90 Å². The number of β-amino-alcohol motifs (C(OH)–C–C–N with tert-alkyl or cyclic N) is 1. The number of aliphatic hydroxyl groups is 1. The van der Waals surface area contributed by atoms with Crippen LogP contribution in [0.2, 0.25) is 0 Å². The summed E-state index contributed by atoms with van der Waals surface area (Å²) in [5, 5.41) is 9.44. The number of aliphatic hydroxyl groups excluding tert-OH is 1. The minimum Gasteiger partial charge on any atom is -0.399 e. The summed E-state index contributed by atoms with van der Waals surface area (Å²) in [6.07, 6.45) is 0.743. The number of nitrogens with zero attached hydrogens (tertiary/aromatic N) is 1. The molecule has 1 unspecified atom stereocenters. The van der Waals surface area contributed by atoms with Crippen molar-refractivity contribution in [1.29, 1.82) is 0 Å². The lowest BCUT2D eigenvalue weighted by Gasteiger charge is -2.17. The van der Waals surface area contributed by atoms with E-state index in [1.807, 2.05) is 12.1 Å². The first kappa shape index (κ1) is 10.5. The van der Waals surface area contributed by atoms with Crippen LogP contribution in [0.5, 0.6) is 0 Å². The van der Waals surface area contributed by atoms with Gasteiger partial charge in [-0.25, -0.2) is 0 Å². The molecular weight excluding hydrogens is 188 g/mol. The van der Waals surface area contributed by atoms with E-state index in [1.165, 1.54) is 11.1 Å². The maximum Gasteiger partial charge on any atom is 0.0679 e. The first-order chi connectivity index (χ1) is 7.16. The molecule has 0 radical (unpaired) electrons. The third-order valence-corrected chi connectivity index (χ3v) is 3.13. The number of nitrogen functional groups attached to an aromatic ring is 1. The maximum atomic E-state index is 9.44. The summed E-state index contributed by atoms with van der Waals surface area (Å²) in [5.74, 6) is 0. The van der Waals surface area contributed by atoms with Crippen molar-refractivity contribution in [2.75, 3.05) is 18.8 Å². The molecule has 0 aromatic heterocycles. The third kappa shape index (κ3) is 2.30. The van der Waals surface area contributed by atoms with Gasteiger partial charge in [0.05, 0.1) is 6.10 Å². The Balaban J connectivity index is 2.07. The second-order valence-electron chi connectivity index (χ2n) is 4.31. The molecule has 0 bridgehead atoms. The Kier molecular flexibility index (Phi) is 2.93. The van der Waals surface area contributed by atoms with Crippen LogP contribution in [0.15, 0.2) is 18.2 Å². The average Bonchev–Trinajstić information content (AvgIpc) is 2.59. The lowest BCUT2D eigenvalue weighted by molar-refractivity contribution is 0.174. The van der Waals surface area contributed by atoms with E-state index < -0.39 is 0 Å². The number of nitrogens with two attached hydrogens (primary N) is 1. The van der Waals surface area contributed by atoms with Crippen molar-refractivity contribution in [3.63, 3.8) is 0 Å². The molecule has 82 valence electrons.